The van der Waals surface area contributed by atoms with Crippen molar-refractivity contribution in [3.63, 3.8) is 0 Å². The van der Waals surface area contributed by atoms with E-state index in [4.69, 9.17) is 0 Å². The Morgan fingerprint density at radius 3 is 2.39 bits per heavy atom. The summed E-state index contributed by atoms with van der Waals surface area (Å²) in [5, 5.41) is 3.62. The Morgan fingerprint density at radius 1 is 1.06 bits per heavy atom. The minimum absolute atomic E-state index is 0.457. The van der Waals surface area contributed by atoms with Gasteiger partial charge in [0.25, 0.3) is 0 Å². The first kappa shape index (κ1) is 13.6. The molecule has 1 unspecified atom stereocenters. The summed E-state index contributed by atoms with van der Waals surface area (Å²) in [7, 11) is 0. The maximum atomic E-state index is 3.62. The summed E-state index contributed by atoms with van der Waals surface area (Å²) in [4.78, 5) is 2.61. The van der Waals surface area contributed by atoms with Gasteiger partial charge in [0.15, 0.2) is 0 Å². The smallest absolute Gasteiger partial charge is 0.0292 e. The fraction of sp³-hybridized carbons (Fsp3) is 0.625. The molecule has 1 N–H and O–H groups in total. The van der Waals surface area contributed by atoms with Crippen LogP contribution in [-0.4, -0.2) is 31.1 Å². The molecular weight excluding hydrogens is 220 g/mol. The molecule has 0 aliphatic carbocycles. The zero-order chi connectivity index (χ0) is 12.6. The second kappa shape index (κ2) is 7.55. The summed E-state index contributed by atoms with van der Waals surface area (Å²) >= 11 is 0. The number of nitrogens with zero attached hydrogens (tertiary/aromatic N) is 1. The predicted molar refractivity (Wildman–Crippen MR) is 77.8 cm³/mol. The van der Waals surface area contributed by atoms with Crippen LogP contribution in [0.2, 0.25) is 0 Å². The van der Waals surface area contributed by atoms with Crippen molar-refractivity contribution >= 4 is 0 Å². The molecular formula is C16H26N2. The van der Waals surface area contributed by atoms with E-state index in [9.17, 15) is 0 Å². The van der Waals surface area contributed by atoms with Crippen LogP contribution in [0.5, 0.6) is 0 Å². The van der Waals surface area contributed by atoms with E-state index in [2.05, 4.69) is 47.5 Å². The highest BCUT2D eigenvalue weighted by Gasteiger charge is 2.09. The van der Waals surface area contributed by atoms with Crippen LogP contribution in [0.1, 0.15) is 44.2 Å². The van der Waals surface area contributed by atoms with Crippen LogP contribution >= 0.6 is 0 Å². The second-order valence-corrected chi connectivity index (χ2v) is 5.34. The number of hydrogen-bond acceptors (Lipinski definition) is 2. The number of hydrogen-bond donors (Lipinski definition) is 1. The summed E-state index contributed by atoms with van der Waals surface area (Å²) in [6.07, 6.45) is 5.61. The zero-order valence-electron chi connectivity index (χ0n) is 11.6. The lowest BCUT2D eigenvalue weighted by Crippen LogP contribution is -2.33. The lowest BCUT2D eigenvalue weighted by molar-refractivity contribution is 0.280. The van der Waals surface area contributed by atoms with Gasteiger partial charge < -0.3 is 10.2 Å². The van der Waals surface area contributed by atoms with Crippen LogP contribution in [0.25, 0.3) is 0 Å². The van der Waals surface area contributed by atoms with E-state index in [0.29, 0.717) is 6.04 Å². The Bertz CT molecular complexity index is 315. The highest BCUT2D eigenvalue weighted by atomic mass is 15.1. The SMILES string of the molecule is CC(NCCN1CCCCCC1)c1ccccc1. The van der Waals surface area contributed by atoms with Gasteiger partial charge in [0.2, 0.25) is 0 Å². The molecule has 0 spiro atoms. The van der Waals surface area contributed by atoms with E-state index in [0.717, 1.165) is 6.54 Å². The van der Waals surface area contributed by atoms with E-state index in [1.165, 1.54) is 50.9 Å². The monoisotopic (exact) mass is 246 g/mol. The molecule has 0 saturated carbocycles. The molecule has 0 aromatic heterocycles. The zero-order valence-corrected chi connectivity index (χ0v) is 11.6. The van der Waals surface area contributed by atoms with Crippen LogP contribution in [0.15, 0.2) is 30.3 Å². The van der Waals surface area contributed by atoms with Crippen LogP contribution in [0.3, 0.4) is 0 Å². The van der Waals surface area contributed by atoms with Crippen molar-refractivity contribution < 1.29 is 0 Å². The Balaban J connectivity index is 1.68. The van der Waals surface area contributed by atoms with Crippen molar-refractivity contribution in [2.24, 2.45) is 0 Å². The molecule has 1 aliphatic rings. The number of nitrogens with one attached hydrogen (secondary N) is 1. The quantitative estimate of drug-likeness (QED) is 0.858. The summed E-state index contributed by atoms with van der Waals surface area (Å²) in [5.41, 5.74) is 1.38. The molecule has 1 fully saturated rings. The van der Waals surface area contributed by atoms with Crippen LogP contribution < -0.4 is 5.32 Å². The average Bonchev–Trinajstić information content (AvgIpc) is 2.68. The second-order valence-electron chi connectivity index (χ2n) is 5.34. The lowest BCUT2D eigenvalue weighted by atomic mass is 10.1. The van der Waals surface area contributed by atoms with Crippen molar-refractivity contribution in [2.75, 3.05) is 26.2 Å². The van der Waals surface area contributed by atoms with Gasteiger partial charge in [0.1, 0.15) is 0 Å². The third kappa shape index (κ3) is 4.43. The third-order valence-corrected chi connectivity index (χ3v) is 3.88. The molecule has 0 amide bonds. The first-order valence-electron chi connectivity index (χ1n) is 7.37. The fourth-order valence-electron chi connectivity index (χ4n) is 2.66. The number of likely N-dealkylation sites (tertiary alicyclic amines) is 1. The Kier molecular flexibility index (Phi) is 5.69. The number of benzene rings is 1. The molecule has 1 aliphatic heterocycles. The summed E-state index contributed by atoms with van der Waals surface area (Å²) < 4.78 is 0. The molecule has 100 valence electrons. The molecule has 1 aromatic carbocycles. The molecule has 0 radical (unpaired) electrons. The van der Waals surface area contributed by atoms with Crippen molar-refractivity contribution in [1.82, 2.24) is 10.2 Å². The van der Waals surface area contributed by atoms with Crippen LogP contribution in [-0.2, 0) is 0 Å². The first-order chi connectivity index (χ1) is 8.86. The maximum absolute atomic E-state index is 3.62. The standard InChI is InChI=1S/C16H26N2/c1-15(16-9-5-4-6-10-16)17-11-14-18-12-7-2-3-8-13-18/h4-6,9-10,15,17H,2-3,7-8,11-14H2,1H3. The van der Waals surface area contributed by atoms with E-state index < -0.39 is 0 Å². The summed E-state index contributed by atoms with van der Waals surface area (Å²) in [6.45, 7) is 7.12. The molecule has 1 heterocycles. The molecule has 1 saturated heterocycles. The molecule has 1 atom stereocenters. The topological polar surface area (TPSA) is 15.3 Å². The molecule has 0 bridgehead atoms. The van der Waals surface area contributed by atoms with Gasteiger partial charge in [-0.3, -0.25) is 0 Å². The van der Waals surface area contributed by atoms with E-state index in [-0.39, 0.29) is 0 Å². The minimum Gasteiger partial charge on any atom is -0.309 e. The fourth-order valence-corrected chi connectivity index (χ4v) is 2.66. The predicted octanol–water partition coefficient (Wildman–Crippen LogP) is 3.21. The third-order valence-electron chi connectivity index (χ3n) is 3.88. The lowest BCUT2D eigenvalue weighted by Gasteiger charge is -2.21. The Morgan fingerprint density at radius 2 is 1.72 bits per heavy atom. The van der Waals surface area contributed by atoms with Crippen LogP contribution in [0.4, 0.5) is 0 Å². The van der Waals surface area contributed by atoms with E-state index in [1.54, 1.807) is 0 Å². The van der Waals surface area contributed by atoms with Crippen molar-refractivity contribution in [2.45, 2.75) is 38.6 Å². The minimum atomic E-state index is 0.457. The Hall–Kier alpha value is -0.860. The van der Waals surface area contributed by atoms with Gasteiger partial charge in [-0.25, -0.2) is 0 Å². The first-order valence-corrected chi connectivity index (χ1v) is 7.37. The van der Waals surface area contributed by atoms with Crippen molar-refractivity contribution in [1.29, 1.82) is 0 Å². The Labute approximate surface area is 111 Å². The van der Waals surface area contributed by atoms with Crippen molar-refractivity contribution in [3.8, 4) is 0 Å². The maximum Gasteiger partial charge on any atom is 0.0292 e. The van der Waals surface area contributed by atoms with Crippen LogP contribution in [0, 0.1) is 0 Å². The summed E-state index contributed by atoms with van der Waals surface area (Å²) in [6, 6.07) is 11.2. The highest BCUT2D eigenvalue weighted by Crippen LogP contribution is 2.11. The van der Waals surface area contributed by atoms with Gasteiger partial charge in [0.05, 0.1) is 0 Å². The molecule has 2 rings (SSSR count). The highest BCUT2D eigenvalue weighted by molar-refractivity contribution is 5.17. The molecule has 1 aromatic rings. The van der Waals surface area contributed by atoms with Gasteiger partial charge in [-0.05, 0) is 38.4 Å². The normalized spacial score (nSPS) is 19.4. The van der Waals surface area contributed by atoms with E-state index in [1.807, 2.05) is 0 Å². The average molecular weight is 246 g/mol. The van der Waals surface area contributed by atoms with Gasteiger partial charge in [-0.15, -0.1) is 0 Å². The molecule has 2 heteroatoms. The van der Waals surface area contributed by atoms with Gasteiger partial charge in [0, 0.05) is 19.1 Å². The molecule has 2 nitrogen and oxygen atoms in total. The van der Waals surface area contributed by atoms with Crippen molar-refractivity contribution in [3.05, 3.63) is 35.9 Å². The van der Waals surface area contributed by atoms with Gasteiger partial charge >= 0.3 is 0 Å². The van der Waals surface area contributed by atoms with Gasteiger partial charge in [-0.1, -0.05) is 43.2 Å². The summed E-state index contributed by atoms with van der Waals surface area (Å²) in [5.74, 6) is 0. The van der Waals surface area contributed by atoms with E-state index >= 15 is 0 Å². The largest absolute Gasteiger partial charge is 0.309 e. The van der Waals surface area contributed by atoms with Gasteiger partial charge in [-0.2, -0.15) is 0 Å². The number of rotatable bonds is 5. The molecule has 18 heavy (non-hydrogen) atoms.